The molecular weight excluding hydrogens is 284 g/mol. The van der Waals surface area contributed by atoms with E-state index in [1.165, 1.54) is 0 Å². The second-order valence-corrected chi connectivity index (χ2v) is 5.91. The predicted octanol–water partition coefficient (Wildman–Crippen LogP) is 3.75. The molecule has 0 aliphatic rings. The first kappa shape index (κ1) is 15.6. The number of benzene rings is 2. The highest BCUT2D eigenvalue weighted by Crippen LogP contribution is 2.27. The van der Waals surface area contributed by atoms with Crippen molar-refractivity contribution < 1.29 is 14.6 Å². The van der Waals surface area contributed by atoms with Gasteiger partial charge in [0.05, 0.1) is 13.2 Å². The molecule has 0 unspecified atom stereocenters. The van der Waals surface area contributed by atoms with Crippen molar-refractivity contribution in [3.8, 4) is 5.75 Å². The van der Waals surface area contributed by atoms with E-state index in [0.717, 1.165) is 22.2 Å². The van der Waals surface area contributed by atoms with Crippen LogP contribution in [0.15, 0.2) is 53.4 Å². The molecule has 0 fully saturated rings. The summed E-state index contributed by atoms with van der Waals surface area (Å²) in [6.45, 7) is 2.00. The third-order valence-electron chi connectivity index (χ3n) is 3.09. The molecule has 0 heterocycles. The molecule has 3 nitrogen and oxygen atoms in total. The first-order valence-corrected chi connectivity index (χ1v) is 7.49. The molecule has 2 rings (SSSR count). The zero-order chi connectivity index (χ0) is 15.2. The van der Waals surface area contributed by atoms with Gasteiger partial charge in [-0.05, 0) is 36.8 Å². The number of carbonyl (C=O) groups is 1. The van der Waals surface area contributed by atoms with Crippen LogP contribution in [0.2, 0.25) is 0 Å². The fraction of sp³-hybridized carbons (Fsp3) is 0.235. The van der Waals surface area contributed by atoms with E-state index in [0.29, 0.717) is 11.3 Å². The van der Waals surface area contributed by atoms with Gasteiger partial charge in [-0.3, -0.25) is 4.79 Å². The lowest BCUT2D eigenvalue weighted by atomic mass is 10.1. The van der Waals surface area contributed by atoms with Crippen molar-refractivity contribution in [1.29, 1.82) is 0 Å². The molecule has 0 spiro atoms. The van der Waals surface area contributed by atoms with Crippen LogP contribution in [0.5, 0.6) is 5.75 Å². The Balaban J connectivity index is 1.96. The molecule has 2 aromatic carbocycles. The van der Waals surface area contributed by atoms with Crippen molar-refractivity contribution in [2.75, 3.05) is 7.11 Å². The largest absolute Gasteiger partial charge is 0.497 e. The molecule has 0 amide bonds. The van der Waals surface area contributed by atoms with Gasteiger partial charge in [-0.1, -0.05) is 41.6 Å². The highest BCUT2D eigenvalue weighted by molar-refractivity contribution is 8.13. The summed E-state index contributed by atoms with van der Waals surface area (Å²) in [6.07, 6.45) is -0.739. The Labute approximate surface area is 129 Å². The smallest absolute Gasteiger partial charge is 0.196 e. The van der Waals surface area contributed by atoms with Gasteiger partial charge in [0.15, 0.2) is 5.12 Å². The Morgan fingerprint density at radius 1 is 1.24 bits per heavy atom. The number of aryl methyl sites for hydroxylation is 1. The third-order valence-corrected chi connectivity index (χ3v) is 3.99. The number of rotatable bonds is 5. The number of aliphatic hydroxyl groups is 1. The minimum atomic E-state index is -0.814. The minimum absolute atomic E-state index is 0.0610. The van der Waals surface area contributed by atoms with Gasteiger partial charge in [0.25, 0.3) is 0 Å². The molecule has 110 valence electrons. The SMILES string of the molecule is COc1cccc([C@H](O)CC(=O)Sc2ccc(C)cc2)c1. The molecule has 2 aromatic rings. The first-order valence-electron chi connectivity index (χ1n) is 6.68. The van der Waals surface area contributed by atoms with E-state index in [1.807, 2.05) is 31.2 Å². The molecule has 0 bridgehead atoms. The zero-order valence-corrected chi connectivity index (χ0v) is 12.9. The lowest BCUT2D eigenvalue weighted by molar-refractivity contribution is -0.112. The van der Waals surface area contributed by atoms with E-state index < -0.39 is 6.10 Å². The van der Waals surface area contributed by atoms with E-state index in [1.54, 1.807) is 31.4 Å². The normalized spacial score (nSPS) is 12.0. The van der Waals surface area contributed by atoms with E-state index in [-0.39, 0.29) is 11.5 Å². The van der Waals surface area contributed by atoms with Crippen molar-refractivity contribution in [3.63, 3.8) is 0 Å². The zero-order valence-electron chi connectivity index (χ0n) is 12.1. The van der Waals surface area contributed by atoms with Gasteiger partial charge >= 0.3 is 0 Å². The maximum atomic E-state index is 12.0. The van der Waals surface area contributed by atoms with E-state index in [4.69, 9.17) is 4.74 Å². The minimum Gasteiger partial charge on any atom is -0.497 e. The van der Waals surface area contributed by atoms with Gasteiger partial charge in [-0.2, -0.15) is 0 Å². The number of methoxy groups -OCH3 is 1. The Hall–Kier alpha value is -1.78. The van der Waals surface area contributed by atoms with Crippen LogP contribution < -0.4 is 4.74 Å². The van der Waals surface area contributed by atoms with Crippen molar-refractivity contribution in [2.24, 2.45) is 0 Å². The molecule has 0 aromatic heterocycles. The first-order chi connectivity index (χ1) is 10.1. The van der Waals surface area contributed by atoms with Crippen molar-refractivity contribution in [2.45, 2.75) is 24.3 Å². The Bertz CT molecular complexity index is 608. The summed E-state index contributed by atoms with van der Waals surface area (Å²) in [5, 5.41) is 10.1. The number of thioether (sulfide) groups is 1. The number of ether oxygens (including phenoxy) is 1. The molecule has 0 radical (unpaired) electrons. The van der Waals surface area contributed by atoms with E-state index in [2.05, 4.69) is 0 Å². The monoisotopic (exact) mass is 302 g/mol. The highest BCUT2D eigenvalue weighted by Gasteiger charge is 2.14. The highest BCUT2D eigenvalue weighted by atomic mass is 32.2. The molecule has 0 saturated carbocycles. The molecule has 1 atom stereocenters. The van der Waals surface area contributed by atoms with Crippen LogP contribution in [0.3, 0.4) is 0 Å². The third kappa shape index (κ3) is 4.62. The Kier molecular flexibility index (Phi) is 5.42. The second kappa shape index (κ2) is 7.29. The standard InChI is InChI=1S/C17H18O3S/c1-12-6-8-15(9-7-12)21-17(19)11-16(18)13-4-3-5-14(10-13)20-2/h3-10,16,18H,11H2,1-2H3/t16-/m1/s1. The number of hydrogen-bond donors (Lipinski definition) is 1. The Morgan fingerprint density at radius 2 is 1.95 bits per heavy atom. The van der Waals surface area contributed by atoms with Crippen LogP contribution in [0.1, 0.15) is 23.7 Å². The van der Waals surface area contributed by atoms with Gasteiger partial charge in [0.2, 0.25) is 0 Å². The van der Waals surface area contributed by atoms with Crippen LogP contribution in [0, 0.1) is 6.92 Å². The van der Waals surface area contributed by atoms with Gasteiger partial charge < -0.3 is 9.84 Å². The van der Waals surface area contributed by atoms with E-state index >= 15 is 0 Å². The molecule has 0 aliphatic heterocycles. The molecule has 4 heteroatoms. The van der Waals surface area contributed by atoms with E-state index in [9.17, 15) is 9.90 Å². The average Bonchev–Trinajstić information content (AvgIpc) is 2.49. The van der Waals surface area contributed by atoms with Crippen LogP contribution in [-0.2, 0) is 4.79 Å². The molecule has 0 aliphatic carbocycles. The van der Waals surface area contributed by atoms with Gasteiger partial charge in [-0.15, -0.1) is 0 Å². The fourth-order valence-corrected chi connectivity index (χ4v) is 2.68. The number of carbonyl (C=O) groups excluding carboxylic acids is 1. The predicted molar refractivity (Wildman–Crippen MR) is 84.6 cm³/mol. The van der Waals surface area contributed by atoms with Crippen LogP contribution in [0.4, 0.5) is 0 Å². The quantitative estimate of drug-likeness (QED) is 0.855. The maximum absolute atomic E-state index is 12.0. The van der Waals surface area contributed by atoms with Gasteiger partial charge in [0, 0.05) is 11.3 Å². The number of hydrogen-bond acceptors (Lipinski definition) is 4. The van der Waals surface area contributed by atoms with Gasteiger partial charge in [-0.25, -0.2) is 0 Å². The summed E-state index contributed by atoms with van der Waals surface area (Å²) in [4.78, 5) is 12.9. The molecule has 0 saturated heterocycles. The molecule has 1 N–H and O–H groups in total. The Morgan fingerprint density at radius 3 is 2.62 bits per heavy atom. The summed E-state index contributed by atoms with van der Waals surface area (Å²) in [5.41, 5.74) is 1.84. The summed E-state index contributed by atoms with van der Waals surface area (Å²) < 4.78 is 5.12. The van der Waals surface area contributed by atoms with Crippen molar-refractivity contribution in [1.82, 2.24) is 0 Å². The lowest BCUT2D eigenvalue weighted by Gasteiger charge is -2.11. The van der Waals surface area contributed by atoms with Crippen LogP contribution >= 0.6 is 11.8 Å². The summed E-state index contributed by atoms with van der Waals surface area (Å²) in [7, 11) is 1.57. The lowest BCUT2D eigenvalue weighted by Crippen LogP contribution is -2.03. The van der Waals surface area contributed by atoms with Crippen LogP contribution in [-0.4, -0.2) is 17.3 Å². The second-order valence-electron chi connectivity index (χ2n) is 4.78. The van der Waals surface area contributed by atoms with Crippen LogP contribution in [0.25, 0.3) is 0 Å². The maximum Gasteiger partial charge on any atom is 0.196 e. The summed E-state index contributed by atoms with van der Waals surface area (Å²) in [5.74, 6) is 0.671. The summed E-state index contributed by atoms with van der Waals surface area (Å²) in [6, 6.07) is 14.9. The van der Waals surface area contributed by atoms with Crippen molar-refractivity contribution >= 4 is 16.9 Å². The van der Waals surface area contributed by atoms with Gasteiger partial charge in [0.1, 0.15) is 5.75 Å². The number of aliphatic hydroxyl groups excluding tert-OH is 1. The topological polar surface area (TPSA) is 46.5 Å². The molecule has 21 heavy (non-hydrogen) atoms. The summed E-state index contributed by atoms with van der Waals surface area (Å²) >= 11 is 1.16. The average molecular weight is 302 g/mol. The fourth-order valence-electron chi connectivity index (χ4n) is 1.90. The van der Waals surface area contributed by atoms with Crippen molar-refractivity contribution in [3.05, 3.63) is 59.7 Å². The molecular formula is C17H18O3S.